The highest BCUT2D eigenvalue weighted by atomic mass is 16.4. The average Bonchev–Trinajstić information content (AvgIpc) is 2.34. The van der Waals surface area contributed by atoms with E-state index in [4.69, 9.17) is 0 Å². The number of carboxylic acid groups (broad SMARTS) is 1. The number of hydrogen-bond donors (Lipinski definition) is 2. The minimum absolute atomic E-state index is 0.252. The summed E-state index contributed by atoms with van der Waals surface area (Å²) in [6.07, 6.45) is 1.72. The molecular weight excluding hydrogens is 254 g/mol. The van der Waals surface area contributed by atoms with Crippen LogP contribution in [0.4, 0.5) is 0 Å². The van der Waals surface area contributed by atoms with Gasteiger partial charge in [-0.25, -0.2) is 0 Å². The number of hydrogen-bond acceptors (Lipinski definition) is 4. The highest BCUT2D eigenvalue weighted by Crippen LogP contribution is 2.17. The first-order chi connectivity index (χ1) is 9.26. The van der Waals surface area contributed by atoms with Crippen molar-refractivity contribution >= 4 is 5.97 Å². The minimum Gasteiger partial charge on any atom is -0.480 e. The number of carbonyl (C=O) groups is 1. The van der Waals surface area contributed by atoms with Gasteiger partial charge in [0.25, 0.3) is 0 Å². The van der Waals surface area contributed by atoms with Gasteiger partial charge >= 0.3 is 5.97 Å². The summed E-state index contributed by atoms with van der Waals surface area (Å²) >= 11 is 0. The third-order valence-electron chi connectivity index (χ3n) is 3.82. The van der Waals surface area contributed by atoms with Crippen molar-refractivity contribution in [1.29, 1.82) is 0 Å². The smallest absolute Gasteiger partial charge is 0.323 e. The van der Waals surface area contributed by atoms with E-state index in [0.717, 1.165) is 26.1 Å². The SMILES string of the molecule is CCNC(C)(CC(C)N(CC)CCCN(C)C)C(=O)O. The van der Waals surface area contributed by atoms with Gasteiger partial charge in [-0.2, -0.15) is 0 Å². The molecule has 20 heavy (non-hydrogen) atoms. The summed E-state index contributed by atoms with van der Waals surface area (Å²) in [5.41, 5.74) is -0.844. The van der Waals surface area contributed by atoms with Crippen LogP contribution in [0.3, 0.4) is 0 Å². The van der Waals surface area contributed by atoms with Crippen LogP contribution < -0.4 is 5.32 Å². The number of nitrogens with one attached hydrogen (secondary N) is 1. The molecule has 0 rings (SSSR count). The standard InChI is InChI=1S/C15H33N3O2/c1-7-16-15(4,14(19)20)12-13(3)18(8-2)11-9-10-17(5)6/h13,16H,7-12H2,1-6H3,(H,19,20). The topological polar surface area (TPSA) is 55.8 Å². The highest BCUT2D eigenvalue weighted by Gasteiger charge is 2.34. The van der Waals surface area contributed by atoms with Crippen LogP contribution in [0.25, 0.3) is 0 Å². The van der Waals surface area contributed by atoms with Gasteiger partial charge in [0.2, 0.25) is 0 Å². The van der Waals surface area contributed by atoms with Gasteiger partial charge in [-0.1, -0.05) is 13.8 Å². The van der Waals surface area contributed by atoms with E-state index in [1.165, 1.54) is 0 Å². The number of rotatable bonds is 11. The Kier molecular flexibility index (Phi) is 9.01. The third-order valence-corrected chi connectivity index (χ3v) is 3.82. The molecule has 0 aliphatic carbocycles. The Morgan fingerprint density at radius 1 is 1.30 bits per heavy atom. The van der Waals surface area contributed by atoms with Crippen LogP contribution >= 0.6 is 0 Å². The number of nitrogens with zero attached hydrogens (tertiary/aromatic N) is 2. The van der Waals surface area contributed by atoms with E-state index in [9.17, 15) is 9.90 Å². The Morgan fingerprint density at radius 2 is 1.90 bits per heavy atom. The van der Waals surface area contributed by atoms with Crippen LogP contribution in [0.2, 0.25) is 0 Å². The summed E-state index contributed by atoms with van der Waals surface area (Å²) in [7, 11) is 4.15. The molecule has 0 amide bonds. The molecule has 2 unspecified atom stereocenters. The highest BCUT2D eigenvalue weighted by molar-refractivity contribution is 5.78. The lowest BCUT2D eigenvalue weighted by Gasteiger charge is -2.35. The third kappa shape index (κ3) is 6.68. The van der Waals surface area contributed by atoms with E-state index in [1.54, 1.807) is 6.92 Å². The molecule has 0 aliphatic heterocycles. The van der Waals surface area contributed by atoms with Gasteiger partial charge in [0, 0.05) is 6.04 Å². The fourth-order valence-corrected chi connectivity index (χ4v) is 2.63. The van der Waals surface area contributed by atoms with Crippen molar-refractivity contribution in [3.8, 4) is 0 Å². The second kappa shape index (κ2) is 9.32. The van der Waals surface area contributed by atoms with Crippen molar-refractivity contribution < 1.29 is 9.90 Å². The van der Waals surface area contributed by atoms with E-state index in [2.05, 4.69) is 43.1 Å². The van der Waals surface area contributed by atoms with Crippen LogP contribution in [0, 0.1) is 0 Å². The zero-order valence-electron chi connectivity index (χ0n) is 14.1. The molecule has 0 spiro atoms. The lowest BCUT2D eigenvalue weighted by molar-refractivity contribution is -0.145. The number of likely N-dealkylation sites (N-methyl/N-ethyl adjacent to an activating group) is 1. The summed E-state index contributed by atoms with van der Waals surface area (Å²) in [5.74, 6) is -0.768. The molecule has 2 atom stereocenters. The molecule has 2 N–H and O–H groups in total. The molecule has 0 bridgehead atoms. The fourth-order valence-electron chi connectivity index (χ4n) is 2.63. The van der Waals surface area contributed by atoms with Crippen LogP contribution in [0.5, 0.6) is 0 Å². The first-order valence-electron chi connectivity index (χ1n) is 7.64. The van der Waals surface area contributed by atoms with Crippen molar-refractivity contribution in [2.24, 2.45) is 0 Å². The molecule has 0 fully saturated rings. The quantitative estimate of drug-likeness (QED) is 0.603. The maximum absolute atomic E-state index is 11.5. The lowest BCUT2D eigenvalue weighted by atomic mass is 9.92. The van der Waals surface area contributed by atoms with Crippen LogP contribution in [0.1, 0.15) is 40.5 Å². The summed E-state index contributed by atoms with van der Waals surface area (Å²) < 4.78 is 0. The monoisotopic (exact) mass is 287 g/mol. The summed E-state index contributed by atoms with van der Waals surface area (Å²) in [4.78, 5) is 16.0. The van der Waals surface area contributed by atoms with Gasteiger partial charge in [0.15, 0.2) is 0 Å². The van der Waals surface area contributed by atoms with Gasteiger partial charge < -0.3 is 20.2 Å². The van der Waals surface area contributed by atoms with Gasteiger partial charge in [-0.15, -0.1) is 0 Å². The first-order valence-corrected chi connectivity index (χ1v) is 7.64. The van der Waals surface area contributed by atoms with Crippen LogP contribution in [-0.4, -0.2) is 72.7 Å². The van der Waals surface area contributed by atoms with Crippen LogP contribution in [0.15, 0.2) is 0 Å². The predicted molar refractivity (Wildman–Crippen MR) is 84.2 cm³/mol. The Balaban J connectivity index is 4.51. The zero-order chi connectivity index (χ0) is 15.8. The maximum Gasteiger partial charge on any atom is 0.323 e. The van der Waals surface area contributed by atoms with Gasteiger partial charge in [0.05, 0.1) is 0 Å². The summed E-state index contributed by atoms with van der Waals surface area (Å²) in [6, 6.07) is 0.252. The fraction of sp³-hybridized carbons (Fsp3) is 0.933. The summed E-state index contributed by atoms with van der Waals surface area (Å²) in [6.45, 7) is 11.7. The molecule has 0 aromatic heterocycles. The maximum atomic E-state index is 11.5. The molecule has 0 aromatic rings. The molecule has 120 valence electrons. The lowest BCUT2D eigenvalue weighted by Crippen LogP contribution is -2.53. The Morgan fingerprint density at radius 3 is 2.30 bits per heavy atom. The largest absolute Gasteiger partial charge is 0.480 e. The van der Waals surface area contributed by atoms with Crippen molar-refractivity contribution in [3.05, 3.63) is 0 Å². The average molecular weight is 287 g/mol. The molecule has 0 saturated heterocycles. The minimum atomic E-state index is -0.844. The molecular formula is C15H33N3O2. The van der Waals surface area contributed by atoms with Crippen molar-refractivity contribution in [2.45, 2.75) is 52.1 Å². The van der Waals surface area contributed by atoms with Crippen molar-refractivity contribution in [1.82, 2.24) is 15.1 Å². The molecule has 5 nitrogen and oxygen atoms in total. The van der Waals surface area contributed by atoms with Crippen molar-refractivity contribution in [3.63, 3.8) is 0 Å². The molecule has 0 heterocycles. The molecule has 0 radical (unpaired) electrons. The van der Waals surface area contributed by atoms with E-state index >= 15 is 0 Å². The van der Waals surface area contributed by atoms with E-state index < -0.39 is 11.5 Å². The first kappa shape index (κ1) is 19.4. The second-order valence-corrected chi connectivity index (χ2v) is 6.01. The normalized spacial score (nSPS) is 16.4. The summed E-state index contributed by atoms with van der Waals surface area (Å²) in [5, 5.41) is 12.5. The van der Waals surface area contributed by atoms with Gasteiger partial charge in [0.1, 0.15) is 5.54 Å². The molecule has 5 heteroatoms. The molecule has 0 saturated carbocycles. The number of carboxylic acids is 1. The Labute approximate surface area is 124 Å². The second-order valence-electron chi connectivity index (χ2n) is 6.01. The van der Waals surface area contributed by atoms with Gasteiger partial charge in [-0.05, 0) is 67.0 Å². The van der Waals surface area contributed by atoms with E-state index in [1.807, 2.05) is 6.92 Å². The molecule has 0 aromatic carbocycles. The Hall–Kier alpha value is -0.650. The van der Waals surface area contributed by atoms with Crippen LogP contribution in [-0.2, 0) is 4.79 Å². The zero-order valence-corrected chi connectivity index (χ0v) is 14.1. The predicted octanol–water partition coefficient (Wildman–Crippen LogP) is 1.49. The Bertz CT molecular complexity index is 284. The van der Waals surface area contributed by atoms with E-state index in [-0.39, 0.29) is 6.04 Å². The molecule has 0 aliphatic rings. The van der Waals surface area contributed by atoms with Gasteiger partial charge in [-0.3, -0.25) is 4.79 Å². The van der Waals surface area contributed by atoms with Crippen molar-refractivity contribution in [2.75, 3.05) is 40.3 Å². The van der Waals surface area contributed by atoms with E-state index in [0.29, 0.717) is 13.0 Å². The number of aliphatic carboxylic acids is 1.